The van der Waals surface area contributed by atoms with Crippen LogP contribution in [0.1, 0.15) is 23.7 Å². The SMILES string of the molecule is Cc1ccc(SCc2noc(C3(O)CCNC3)n2)cc1. The zero-order valence-corrected chi connectivity index (χ0v) is 12.1. The lowest BCUT2D eigenvalue weighted by Gasteiger charge is -2.14. The molecule has 1 fully saturated rings. The predicted molar refractivity (Wildman–Crippen MR) is 76.4 cm³/mol. The highest BCUT2D eigenvalue weighted by atomic mass is 32.2. The van der Waals surface area contributed by atoms with Gasteiger partial charge in [0, 0.05) is 11.4 Å². The fraction of sp³-hybridized carbons (Fsp3) is 0.429. The summed E-state index contributed by atoms with van der Waals surface area (Å²) in [6.45, 7) is 3.31. The maximum absolute atomic E-state index is 10.3. The van der Waals surface area contributed by atoms with Gasteiger partial charge in [-0.1, -0.05) is 22.9 Å². The van der Waals surface area contributed by atoms with Crippen LogP contribution in [0.2, 0.25) is 0 Å². The number of thioether (sulfide) groups is 1. The summed E-state index contributed by atoms with van der Waals surface area (Å²) in [4.78, 5) is 5.48. The van der Waals surface area contributed by atoms with Gasteiger partial charge in [0.25, 0.3) is 5.89 Å². The van der Waals surface area contributed by atoms with E-state index in [1.54, 1.807) is 11.8 Å². The molecule has 2 heterocycles. The largest absolute Gasteiger partial charge is 0.379 e. The molecule has 0 saturated carbocycles. The van der Waals surface area contributed by atoms with E-state index in [0.29, 0.717) is 30.4 Å². The molecule has 1 aromatic carbocycles. The molecular formula is C14H17N3O2S. The topological polar surface area (TPSA) is 71.2 Å². The lowest BCUT2D eigenvalue weighted by molar-refractivity contribution is 0.0243. The molecule has 1 saturated heterocycles. The Balaban J connectivity index is 1.64. The van der Waals surface area contributed by atoms with Gasteiger partial charge < -0.3 is 14.9 Å². The molecule has 0 radical (unpaired) electrons. The Bertz CT molecular complexity index is 576. The second-order valence-electron chi connectivity index (χ2n) is 5.08. The van der Waals surface area contributed by atoms with Crippen molar-refractivity contribution < 1.29 is 9.63 Å². The molecule has 106 valence electrons. The van der Waals surface area contributed by atoms with Crippen molar-refractivity contribution in [2.75, 3.05) is 13.1 Å². The molecule has 5 nitrogen and oxygen atoms in total. The van der Waals surface area contributed by atoms with Crippen molar-refractivity contribution in [1.29, 1.82) is 0 Å². The Kier molecular flexibility index (Phi) is 3.78. The maximum Gasteiger partial charge on any atom is 0.260 e. The van der Waals surface area contributed by atoms with E-state index in [4.69, 9.17) is 4.52 Å². The summed E-state index contributed by atoms with van der Waals surface area (Å²) in [6, 6.07) is 8.32. The molecule has 6 heteroatoms. The monoisotopic (exact) mass is 291 g/mol. The number of hydrogen-bond acceptors (Lipinski definition) is 6. The lowest BCUT2D eigenvalue weighted by atomic mass is 10.0. The van der Waals surface area contributed by atoms with Crippen LogP contribution >= 0.6 is 11.8 Å². The van der Waals surface area contributed by atoms with E-state index in [-0.39, 0.29) is 0 Å². The zero-order valence-electron chi connectivity index (χ0n) is 11.3. The number of nitrogens with one attached hydrogen (secondary N) is 1. The van der Waals surface area contributed by atoms with Crippen LogP contribution in [0.5, 0.6) is 0 Å². The second kappa shape index (κ2) is 5.55. The standard InChI is InChI=1S/C14H17N3O2S/c1-10-2-4-11(5-3-10)20-8-12-16-13(19-17-12)14(18)6-7-15-9-14/h2-5,15,18H,6-9H2,1H3. The number of nitrogens with zero attached hydrogens (tertiary/aromatic N) is 2. The highest BCUT2D eigenvalue weighted by Gasteiger charge is 2.38. The van der Waals surface area contributed by atoms with Crippen LogP contribution in [-0.4, -0.2) is 28.3 Å². The first kappa shape index (κ1) is 13.6. The minimum atomic E-state index is -1.00. The number of benzene rings is 1. The smallest absolute Gasteiger partial charge is 0.260 e. The first-order chi connectivity index (χ1) is 9.66. The van der Waals surface area contributed by atoms with Crippen LogP contribution in [0.3, 0.4) is 0 Å². The average Bonchev–Trinajstić information content (AvgIpc) is 3.08. The summed E-state index contributed by atoms with van der Waals surface area (Å²) < 4.78 is 5.19. The summed E-state index contributed by atoms with van der Waals surface area (Å²) in [5.74, 6) is 1.57. The summed E-state index contributed by atoms with van der Waals surface area (Å²) in [5.41, 5.74) is 0.243. The van der Waals surface area contributed by atoms with E-state index in [9.17, 15) is 5.11 Å². The molecule has 0 amide bonds. The number of rotatable bonds is 4. The molecule has 1 aliphatic heterocycles. The molecule has 1 aliphatic rings. The van der Waals surface area contributed by atoms with Crippen LogP contribution in [0.15, 0.2) is 33.7 Å². The number of aliphatic hydroxyl groups is 1. The number of aryl methyl sites for hydroxylation is 1. The van der Waals surface area contributed by atoms with Gasteiger partial charge in [-0.25, -0.2) is 0 Å². The first-order valence-electron chi connectivity index (χ1n) is 6.61. The van der Waals surface area contributed by atoms with Gasteiger partial charge in [0.1, 0.15) is 0 Å². The fourth-order valence-electron chi connectivity index (χ4n) is 2.15. The quantitative estimate of drug-likeness (QED) is 0.838. The van der Waals surface area contributed by atoms with E-state index in [1.165, 1.54) is 10.5 Å². The van der Waals surface area contributed by atoms with Crippen molar-refractivity contribution in [1.82, 2.24) is 15.5 Å². The summed E-state index contributed by atoms with van der Waals surface area (Å²) in [7, 11) is 0. The Morgan fingerprint density at radius 2 is 2.20 bits per heavy atom. The van der Waals surface area contributed by atoms with Gasteiger partial charge >= 0.3 is 0 Å². The third-order valence-corrected chi connectivity index (χ3v) is 4.40. The van der Waals surface area contributed by atoms with E-state index in [0.717, 1.165) is 6.54 Å². The van der Waals surface area contributed by atoms with E-state index >= 15 is 0 Å². The molecule has 3 rings (SSSR count). The van der Waals surface area contributed by atoms with Crippen molar-refractivity contribution in [2.45, 2.75) is 29.6 Å². The minimum Gasteiger partial charge on any atom is -0.379 e. The normalized spacial score (nSPS) is 22.3. The van der Waals surface area contributed by atoms with E-state index in [2.05, 4.69) is 46.6 Å². The van der Waals surface area contributed by atoms with Crippen LogP contribution in [-0.2, 0) is 11.4 Å². The number of aromatic nitrogens is 2. The third kappa shape index (κ3) is 2.87. The van der Waals surface area contributed by atoms with Crippen LogP contribution in [0.25, 0.3) is 0 Å². The van der Waals surface area contributed by atoms with Crippen molar-refractivity contribution in [2.24, 2.45) is 0 Å². The third-order valence-electron chi connectivity index (χ3n) is 3.39. The van der Waals surface area contributed by atoms with Crippen LogP contribution in [0.4, 0.5) is 0 Å². The van der Waals surface area contributed by atoms with Crippen LogP contribution in [0, 0.1) is 6.92 Å². The molecule has 0 bridgehead atoms. The maximum atomic E-state index is 10.3. The Morgan fingerprint density at radius 1 is 1.40 bits per heavy atom. The van der Waals surface area contributed by atoms with E-state index in [1.807, 2.05) is 0 Å². The highest BCUT2D eigenvalue weighted by Crippen LogP contribution is 2.27. The first-order valence-corrected chi connectivity index (χ1v) is 7.60. The van der Waals surface area contributed by atoms with Crippen LogP contribution < -0.4 is 5.32 Å². The van der Waals surface area contributed by atoms with Gasteiger partial charge in [0.05, 0.1) is 5.75 Å². The lowest BCUT2D eigenvalue weighted by Crippen LogP contribution is -2.28. The van der Waals surface area contributed by atoms with Gasteiger partial charge in [0.2, 0.25) is 0 Å². The second-order valence-corrected chi connectivity index (χ2v) is 6.12. The summed E-state index contributed by atoms with van der Waals surface area (Å²) >= 11 is 1.65. The molecule has 20 heavy (non-hydrogen) atoms. The molecule has 0 spiro atoms. The van der Waals surface area contributed by atoms with E-state index < -0.39 is 5.60 Å². The van der Waals surface area contributed by atoms with Crippen molar-refractivity contribution in [3.05, 3.63) is 41.5 Å². The van der Waals surface area contributed by atoms with Crippen molar-refractivity contribution in [3.8, 4) is 0 Å². The fourth-order valence-corrected chi connectivity index (χ4v) is 2.89. The number of hydrogen-bond donors (Lipinski definition) is 2. The Labute approximate surface area is 121 Å². The minimum absolute atomic E-state index is 0.321. The highest BCUT2D eigenvalue weighted by molar-refractivity contribution is 7.98. The van der Waals surface area contributed by atoms with Gasteiger partial charge in [-0.05, 0) is 32.0 Å². The zero-order chi connectivity index (χ0) is 14.0. The molecule has 1 aromatic heterocycles. The van der Waals surface area contributed by atoms with Gasteiger partial charge in [0.15, 0.2) is 11.4 Å². The van der Waals surface area contributed by atoms with Crippen molar-refractivity contribution >= 4 is 11.8 Å². The Hall–Kier alpha value is -1.37. The summed E-state index contributed by atoms with van der Waals surface area (Å²) in [5, 5.41) is 17.4. The van der Waals surface area contributed by atoms with Crippen molar-refractivity contribution in [3.63, 3.8) is 0 Å². The molecule has 1 atom stereocenters. The average molecular weight is 291 g/mol. The number of β-amino-alcohol motifs (C(OH)–C–C–N with tert-alkyl or cyclic N) is 1. The molecule has 0 aliphatic carbocycles. The molecular weight excluding hydrogens is 274 g/mol. The Morgan fingerprint density at radius 3 is 2.90 bits per heavy atom. The molecule has 1 unspecified atom stereocenters. The molecule has 2 aromatic rings. The molecule has 2 N–H and O–H groups in total. The van der Waals surface area contributed by atoms with Gasteiger partial charge in [-0.2, -0.15) is 4.98 Å². The van der Waals surface area contributed by atoms with Gasteiger partial charge in [-0.15, -0.1) is 11.8 Å². The van der Waals surface area contributed by atoms with Gasteiger partial charge in [-0.3, -0.25) is 0 Å². The predicted octanol–water partition coefficient (Wildman–Crippen LogP) is 1.85. The summed E-state index contributed by atoms with van der Waals surface area (Å²) in [6.07, 6.45) is 0.611.